The normalized spacial score (nSPS) is 11.4. The van der Waals surface area contributed by atoms with E-state index < -0.39 is 11.7 Å². The maximum absolute atomic E-state index is 12.7. The molecule has 0 aliphatic rings. The summed E-state index contributed by atoms with van der Waals surface area (Å²) in [4.78, 5) is 12.3. The van der Waals surface area contributed by atoms with Crippen molar-refractivity contribution < 1.29 is 22.5 Å². The first-order chi connectivity index (χ1) is 12.9. The molecule has 0 saturated carbocycles. The molecule has 1 aromatic heterocycles. The van der Waals surface area contributed by atoms with E-state index in [1.807, 2.05) is 30.3 Å². The summed E-state index contributed by atoms with van der Waals surface area (Å²) in [7, 11) is 0. The van der Waals surface area contributed by atoms with Gasteiger partial charge in [-0.15, -0.1) is 0 Å². The van der Waals surface area contributed by atoms with Crippen LogP contribution in [0.15, 0.2) is 65.3 Å². The van der Waals surface area contributed by atoms with Crippen LogP contribution in [0.1, 0.15) is 27.9 Å². The Balaban J connectivity index is 1.61. The fraction of sp³-hybridized carbons (Fsp3) is 0.200. The highest BCUT2D eigenvalue weighted by Gasteiger charge is 2.30. The quantitative estimate of drug-likeness (QED) is 0.635. The standard InChI is InChI=1S/C20H17F3N2O2/c21-20(22,23)16-10-8-15(9-11-16)18-17(13-25-27-18)19(26)24-12-4-7-14-5-2-1-3-6-14/h1-3,5-6,8-11,13H,4,7,12H2,(H,24,26). The van der Waals surface area contributed by atoms with E-state index in [0.29, 0.717) is 12.1 Å². The van der Waals surface area contributed by atoms with Crippen LogP contribution in [0.25, 0.3) is 11.3 Å². The number of aromatic nitrogens is 1. The van der Waals surface area contributed by atoms with Gasteiger partial charge in [-0.25, -0.2) is 0 Å². The zero-order valence-corrected chi connectivity index (χ0v) is 14.3. The molecule has 7 heteroatoms. The largest absolute Gasteiger partial charge is 0.416 e. The van der Waals surface area contributed by atoms with E-state index in [-0.39, 0.29) is 17.2 Å². The first-order valence-electron chi connectivity index (χ1n) is 8.39. The van der Waals surface area contributed by atoms with Gasteiger partial charge in [-0.2, -0.15) is 13.2 Å². The Morgan fingerprint density at radius 2 is 1.74 bits per heavy atom. The van der Waals surface area contributed by atoms with Gasteiger partial charge in [0.15, 0.2) is 5.76 Å². The van der Waals surface area contributed by atoms with Gasteiger partial charge in [0.2, 0.25) is 0 Å². The predicted molar refractivity (Wildman–Crippen MR) is 94.0 cm³/mol. The highest BCUT2D eigenvalue weighted by Crippen LogP contribution is 2.31. The number of nitrogens with one attached hydrogen (secondary N) is 1. The molecule has 0 saturated heterocycles. The number of hydrogen-bond acceptors (Lipinski definition) is 3. The Morgan fingerprint density at radius 3 is 2.41 bits per heavy atom. The van der Waals surface area contributed by atoms with Crippen molar-refractivity contribution in [1.82, 2.24) is 10.5 Å². The molecule has 27 heavy (non-hydrogen) atoms. The van der Waals surface area contributed by atoms with Gasteiger partial charge in [0.25, 0.3) is 5.91 Å². The van der Waals surface area contributed by atoms with E-state index in [1.165, 1.54) is 23.9 Å². The zero-order chi connectivity index (χ0) is 19.3. The van der Waals surface area contributed by atoms with Crippen molar-refractivity contribution in [2.24, 2.45) is 0 Å². The number of alkyl halides is 3. The van der Waals surface area contributed by atoms with Gasteiger partial charge >= 0.3 is 6.18 Å². The van der Waals surface area contributed by atoms with E-state index in [9.17, 15) is 18.0 Å². The molecule has 1 amide bonds. The van der Waals surface area contributed by atoms with E-state index in [4.69, 9.17) is 4.52 Å². The summed E-state index contributed by atoms with van der Waals surface area (Å²) in [6, 6.07) is 14.3. The van der Waals surface area contributed by atoms with Gasteiger partial charge in [-0.3, -0.25) is 4.79 Å². The first kappa shape index (κ1) is 18.7. The summed E-state index contributed by atoms with van der Waals surface area (Å²) in [6.45, 7) is 0.464. The van der Waals surface area contributed by atoms with Gasteiger partial charge in [-0.1, -0.05) is 47.6 Å². The Labute approximate surface area is 154 Å². The second-order valence-corrected chi connectivity index (χ2v) is 5.99. The SMILES string of the molecule is O=C(NCCCc1ccccc1)c1cnoc1-c1ccc(C(F)(F)F)cc1. The number of rotatable bonds is 6. The van der Waals surface area contributed by atoms with E-state index >= 15 is 0 Å². The van der Waals surface area contributed by atoms with E-state index in [2.05, 4.69) is 10.5 Å². The topological polar surface area (TPSA) is 55.1 Å². The first-order valence-corrected chi connectivity index (χ1v) is 8.39. The molecule has 0 unspecified atom stereocenters. The van der Waals surface area contributed by atoms with Crippen LogP contribution >= 0.6 is 0 Å². The van der Waals surface area contributed by atoms with Crippen LogP contribution in [0.5, 0.6) is 0 Å². The lowest BCUT2D eigenvalue weighted by atomic mass is 10.1. The molecule has 2 aromatic carbocycles. The van der Waals surface area contributed by atoms with Crippen LogP contribution in [-0.2, 0) is 12.6 Å². The molecule has 0 aliphatic carbocycles. The van der Waals surface area contributed by atoms with Gasteiger partial charge < -0.3 is 9.84 Å². The van der Waals surface area contributed by atoms with Gasteiger partial charge in [-0.05, 0) is 30.5 Å². The smallest absolute Gasteiger partial charge is 0.355 e. The van der Waals surface area contributed by atoms with E-state index in [0.717, 1.165) is 25.0 Å². The van der Waals surface area contributed by atoms with Crippen molar-refractivity contribution in [2.45, 2.75) is 19.0 Å². The third-order valence-electron chi connectivity index (χ3n) is 4.06. The Morgan fingerprint density at radius 1 is 1.04 bits per heavy atom. The number of hydrogen-bond donors (Lipinski definition) is 1. The van der Waals surface area contributed by atoms with Crippen molar-refractivity contribution in [3.63, 3.8) is 0 Å². The van der Waals surface area contributed by atoms with Crippen LogP contribution in [-0.4, -0.2) is 17.6 Å². The molecule has 3 rings (SSSR count). The monoisotopic (exact) mass is 374 g/mol. The number of carbonyl (C=O) groups excluding carboxylic acids is 1. The average molecular weight is 374 g/mol. The molecule has 0 fully saturated rings. The van der Waals surface area contributed by atoms with Crippen molar-refractivity contribution in [3.05, 3.63) is 77.5 Å². The summed E-state index contributed by atoms with van der Waals surface area (Å²) in [6.07, 6.45) is -1.56. The third-order valence-corrected chi connectivity index (χ3v) is 4.06. The van der Waals surface area contributed by atoms with Crippen molar-refractivity contribution in [2.75, 3.05) is 6.54 Å². The number of halogens is 3. The molecule has 1 N–H and O–H groups in total. The van der Waals surface area contributed by atoms with Crippen molar-refractivity contribution >= 4 is 5.91 Å². The average Bonchev–Trinajstić information content (AvgIpc) is 3.15. The number of aryl methyl sites for hydroxylation is 1. The Hall–Kier alpha value is -3.09. The number of benzene rings is 2. The maximum atomic E-state index is 12.7. The lowest BCUT2D eigenvalue weighted by Crippen LogP contribution is -2.24. The highest BCUT2D eigenvalue weighted by molar-refractivity contribution is 5.99. The Kier molecular flexibility index (Phi) is 5.59. The van der Waals surface area contributed by atoms with Crippen molar-refractivity contribution in [1.29, 1.82) is 0 Å². The lowest BCUT2D eigenvalue weighted by Gasteiger charge is -2.07. The minimum atomic E-state index is -4.42. The highest BCUT2D eigenvalue weighted by atomic mass is 19.4. The molecular weight excluding hydrogens is 357 g/mol. The molecule has 0 atom stereocenters. The summed E-state index contributed by atoms with van der Waals surface area (Å²) < 4.78 is 43.1. The van der Waals surface area contributed by atoms with Gasteiger partial charge in [0, 0.05) is 12.1 Å². The lowest BCUT2D eigenvalue weighted by molar-refractivity contribution is -0.137. The van der Waals surface area contributed by atoms with Crippen LogP contribution < -0.4 is 5.32 Å². The maximum Gasteiger partial charge on any atom is 0.416 e. The number of amides is 1. The summed E-state index contributed by atoms with van der Waals surface area (Å²) >= 11 is 0. The predicted octanol–water partition coefficient (Wildman–Crippen LogP) is 4.72. The van der Waals surface area contributed by atoms with E-state index in [1.54, 1.807) is 0 Å². The Bertz CT molecular complexity index is 888. The summed E-state index contributed by atoms with van der Waals surface area (Å²) in [5.74, 6) is -0.233. The minimum Gasteiger partial charge on any atom is -0.355 e. The summed E-state index contributed by atoms with van der Waals surface area (Å²) in [5.41, 5.74) is 0.962. The second-order valence-electron chi connectivity index (χ2n) is 5.99. The molecule has 3 aromatic rings. The molecule has 4 nitrogen and oxygen atoms in total. The van der Waals surface area contributed by atoms with Crippen LogP contribution in [0.2, 0.25) is 0 Å². The van der Waals surface area contributed by atoms with Gasteiger partial charge in [0.05, 0.1) is 11.8 Å². The zero-order valence-electron chi connectivity index (χ0n) is 14.3. The van der Waals surface area contributed by atoms with Crippen molar-refractivity contribution in [3.8, 4) is 11.3 Å². The molecule has 0 radical (unpaired) electrons. The fourth-order valence-corrected chi connectivity index (χ4v) is 2.65. The summed E-state index contributed by atoms with van der Waals surface area (Å²) in [5, 5.41) is 6.39. The molecule has 0 spiro atoms. The van der Waals surface area contributed by atoms with Crippen LogP contribution in [0.4, 0.5) is 13.2 Å². The van der Waals surface area contributed by atoms with Crippen LogP contribution in [0, 0.1) is 0 Å². The molecule has 0 bridgehead atoms. The van der Waals surface area contributed by atoms with Crippen LogP contribution in [0.3, 0.4) is 0 Å². The molecule has 140 valence electrons. The molecule has 0 aliphatic heterocycles. The molecular formula is C20H17F3N2O2. The third kappa shape index (κ3) is 4.75. The number of nitrogens with zero attached hydrogens (tertiary/aromatic N) is 1. The fourth-order valence-electron chi connectivity index (χ4n) is 2.65. The minimum absolute atomic E-state index is 0.143. The number of carbonyl (C=O) groups is 1. The molecule has 1 heterocycles. The second kappa shape index (κ2) is 8.07. The van der Waals surface area contributed by atoms with Gasteiger partial charge in [0.1, 0.15) is 5.56 Å².